The van der Waals surface area contributed by atoms with Gasteiger partial charge in [-0.15, -0.1) is 0 Å². The molecule has 4 N–H and O–H groups in total. The number of anilines is 2. The number of carbonyl (C=O) groups excluding carboxylic acids is 2. The minimum atomic E-state index is -5.08. The Morgan fingerprint density at radius 1 is 1.07 bits per heavy atom. The van der Waals surface area contributed by atoms with E-state index < -0.39 is 28.1 Å². The number of hydrogen-bond acceptors (Lipinski definition) is 8. The van der Waals surface area contributed by atoms with E-state index in [1.54, 1.807) is 30.3 Å². The Morgan fingerprint density at radius 3 is 2.26 bits per heavy atom. The number of aryl methyl sites for hydroxylation is 2. The summed E-state index contributed by atoms with van der Waals surface area (Å²) in [6.07, 6.45) is -5.08. The van der Waals surface area contributed by atoms with Gasteiger partial charge in [0.25, 0.3) is 15.9 Å². The van der Waals surface area contributed by atoms with E-state index in [9.17, 15) is 31.2 Å². The molecule has 0 bridgehead atoms. The summed E-state index contributed by atoms with van der Waals surface area (Å²) in [6, 6.07) is 9.93. The van der Waals surface area contributed by atoms with Crippen molar-refractivity contribution in [2.75, 3.05) is 69.7 Å². The highest BCUT2D eigenvalue weighted by Gasteiger charge is 2.38. The van der Waals surface area contributed by atoms with Crippen LogP contribution in [-0.4, -0.2) is 102 Å². The highest BCUT2D eigenvalue weighted by Crippen LogP contribution is 2.30. The molecule has 2 amide bonds. The average Bonchev–Trinajstić information content (AvgIpc) is 2.94. The number of ether oxygens (including phenoxy) is 1. The molecule has 1 aliphatic heterocycles. The Labute approximate surface area is 248 Å². The van der Waals surface area contributed by atoms with E-state index in [-0.39, 0.29) is 22.9 Å². The van der Waals surface area contributed by atoms with Crippen LogP contribution < -0.4 is 20.3 Å². The molecule has 1 saturated heterocycles. The zero-order valence-corrected chi connectivity index (χ0v) is 25.1. The Bertz CT molecular complexity index is 1400. The van der Waals surface area contributed by atoms with Gasteiger partial charge in [-0.2, -0.15) is 13.2 Å². The molecule has 0 saturated carbocycles. The van der Waals surface area contributed by atoms with E-state index in [2.05, 4.69) is 20.3 Å². The van der Waals surface area contributed by atoms with Crippen molar-refractivity contribution in [3.05, 3.63) is 53.1 Å². The molecule has 0 atom stereocenters. The molecule has 3 rings (SSSR count). The molecule has 43 heavy (non-hydrogen) atoms. The molecule has 2 aromatic carbocycles. The lowest BCUT2D eigenvalue weighted by Crippen LogP contribution is -2.44. The van der Waals surface area contributed by atoms with Crippen LogP contribution in [0.1, 0.15) is 21.5 Å². The molecular formula is C27H36F3N5O7S. The largest absolute Gasteiger partial charge is 0.490 e. The van der Waals surface area contributed by atoms with Gasteiger partial charge in [-0.3, -0.25) is 14.3 Å². The molecule has 0 spiro atoms. The second kappa shape index (κ2) is 15.5. The SMILES string of the molecule is COCCNC(=O)CN(C)C(=O)c1ccc(N2CCNCC2)c(NS(=O)(=O)c2ccc(C)c(C)c2)c1.O=C(O)C(F)(F)F. The topological polar surface area (TPSA) is 157 Å². The van der Waals surface area contributed by atoms with Crippen LogP contribution in [0.25, 0.3) is 0 Å². The van der Waals surface area contributed by atoms with Crippen LogP contribution >= 0.6 is 0 Å². The van der Waals surface area contributed by atoms with Gasteiger partial charge in [0.15, 0.2) is 0 Å². The minimum Gasteiger partial charge on any atom is -0.475 e. The van der Waals surface area contributed by atoms with Gasteiger partial charge in [0.1, 0.15) is 0 Å². The predicted octanol–water partition coefficient (Wildman–Crippen LogP) is 1.98. The first-order valence-corrected chi connectivity index (χ1v) is 14.6. The Hall–Kier alpha value is -3.89. The number of hydrogen-bond donors (Lipinski definition) is 4. The maximum absolute atomic E-state index is 13.3. The van der Waals surface area contributed by atoms with Crippen LogP contribution in [0, 0.1) is 13.8 Å². The number of carbonyl (C=O) groups is 3. The zero-order chi connectivity index (χ0) is 32.4. The average molecular weight is 632 g/mol. The molecule has 2 aromatic rings. The second-order valence-corrected chi connectivity index (χ2v) is 11.3. The number of sulfonamides is 1. The summed E-state index contributed by atoms with van der Waals surface area (Å²) in [7, 11) is -0.833. The van der Waals surface area contributed by atoms with Crippen LogP contribution in [0.15, 0.2) is 41.3 Å². The van der Waals surface area contributed by atoms with E-state index in [1.807, 2.05) is 13.8 Å². The van der Waals surface area contributed by atoms with Crippen molar-refractivity contribution < 1.29 is 45.8 Å². The van der Waals surface area contributed by atoms with Crippen molar-refractivity contribution in [1.82, 2.24) is 15.5 Å². The van der Waals surface area contributed by atoms with Gasteiger partial charge in [-0.05, 0) is 55.3 Å². The summed E-state index contributed by atoms with van der Waals surface area (Å²) >= 11 is 0. The van der Waals surface area contributed by atoms with Crippen LogP contribution in [0.3, 0.4) is 0 Å². The van der Waals surface area contributed by atoms with E-state index in [0.29, 0.717) is 37.6 Å². The second-order valence-electron chi connectivity index (χ2n) is 9.63. The summed E-state index contributed by atoms with van der Waals surface area (Å²) in [6.45, 7) is 7.32. The third-order valence-electron chi connectivity index (χ3n) is 6.33. The fourth-order valence-electron chi connectivity index (χ4n) is 3.87. The van der Waals surface area contributed by atoms with Crippen molar-refractivity contribution in [1.29, 1.82) is 0 Å². The molecule has 238 valence electrons. The highest BCUT2D eigenvalue weighted by molar-refractivity contribution is 7.92. The molecule has 0 aromatic heterocycles. The number of carboxylic acids is 1. The molecule has 1 fully saturated rings. The normalized spacial score (nSPS) is 13.4. The summed E-state index contributed by atoms with van der Waals surface area (Å²) in [5.41, 5.74) is 3.16. The number of piperazine rings is 1. The number of rotatable bonds is 10. The van der Waals surface area contributed by atoms with Crippen LogP contribution in [-0.2, 0) is 24.3 Å². The van der Waals surface area contributed by atoms with Crippen molar-refractivity contribution in [3.63, 3.8) is 0 Å². The van der Waals surface area contributed by atoms with Gasteiger partial charge in [-0.1, -0.05) is 6.07 Å². The number of nitrogens with zero attached hydrogens (tertiary/aromatic N) is 2. The number of halogens is 3. The number of methoxy groups -OCH3 is 1. The van der Waals surface area contributed by atoms with Crippen molar-refractivity contribution in [2.24, 2.45) is 0 Å². The van der Waals surface area contributed by atoms with Crippen molar-refractivity contribution in [3.8, 4) is 0 Å². The first-order chi connectivity index (χ1) is 20.1. The summed E-state index contributed by atoms with van der Waals surface area (Å²) in [4.78, 5) is 37.6. The number of likely N-dealkylation sites (N-methyl/N-ethyl adjacent to an activating group) is 1. The molecule has 0 aliphatic carbocycles. The van der Waals surface area contributed by atoms with Crippen LogP contribution in [0.5, 0.6) is 0 Å². The van der Waals surface area contributed by atoms with Gasteiger partial charge in [0.05, 0.1) is 29.4 Å². The zero-order valence-electron chi connectivity index (χ0n) is 24.2. The Kier molecular flexibility index (Phi) is 12.8. The quantitative estimate of drug-likeness (QED) is 0.288. The third-order valence-corrected chi connectivity index (χ3v) is 7.70. The van der Waals surface area contributed by atoms with Gasteiger partial charge in [0, 0.05) is 52.4 Å². The number of amides is 2. The monoisotopic (exact) mass is 631 g/mol. The van der Waals surface area contributed by atoms with E-state index in [1.165, 1.54) is 25.1 Å². The van der Waals surface area contributed by atoms with Crippen molar-refractivity contribution in [2.45, 2.75) is 24.9 Å². The van der Waals surface area contributed by atoms with Gasteiger partial charge >= 0.3 is 12.1 Å². The van der Waals surface area contributed by atoms with E-state index in [0.717, 1.165) is 24.2 Å². The molecule has 1 heterocycles. The summed E-state index contributed by atoms with van der Waals surface area (Å²) < 4.78 is 65.9. The highest BCUT2D eigenvalue weighted by atomic mass is 32.2. The molecular weight excluding hydrogens is 595 g/mol. The summed E-state index contributed by atoms with van der Waals surface area (Å²) in [5, 5.41) is 13.1. The molecule has 12 nitrogen and oxygen atoms in total. The van der Waals surface area contributed by atoms with Crippen molar-refractivity contribution >= 4 is 39.2 Å². The number of alkyl halides is 3. The smallest absolute Gasteiger partial charge is 0.475 e. The molecule has 16 heteroatoms. The summed E-state index contributed by atoms with van der Waals surface area (Å²) in [5.74, 6) is -3.46. The maximum Gasteiger partial charge on any atom is 0.490 e. The minimum absolute atomic E-state index is 0.133. The lowest BCUT2D eigenvalue weighted by atomic mass is 10.1. The fourth-order valence-corrected chi connectivity index (χ4v) is 5.02. The molecule has 0 radical (unpaired) electrons. The fraction of sp³-hybridized carbons (Fsp3) is 0.444. The molecule has 1 aliphatic rings. The first-order valence-electron chi connectivity index (χ1n) is 13.1. The van der Waals surface area contributed by atoms with Gasteiger partial charge in [0.2, 0.25) is 5.91 Å². The van der Waals surface area contributed by atoms with Crippen LogP contribution in [0.4, 0.5) is 24.5 Å². The Balaban J connectivity index is 0.000000821. The van der Waals surface area contributed by atoms with Gasteiger partial charge in [-0.25, -0.2) is 13.2 Å². The Morgan fingerprint density at radius 2 is 1.70 bits per heavy atom. The number of carboxylic acid groups (broad SMARTS) is 1. The number of nitrogens with one attached hydrogen (secondary N) is 3. The van der Waals surface area contributed by atoms with Crippen LogP contribution in [0.2, 0.25) is 0 Å². The lowest BCUT2D eigenvalue weighted by Gasteiger charge is -2.31. The van der Waals surface area contributed by atoms with Gasteiger partial charge < -0.3 is 30.3 Å². The van der Waals surface area contributed by atoms with E-state index >= 15 is 0 Å². The maximum atomic E-state index is 13.3. The number of aliphatic carboxylic acids is 1. The molecule has 0 unspecified atom stereocenters. The third kappa shape index (κ3) is 10.7. The van der Waals surface area contributed by atoms with E-state index in [4.69, 9.17) is 14.6 Å². The first kappa shape index (κ1) is 35.3. The standard InChI is InChI=1S/C25H35N5O5S.C2HF3O2/c1-18-5-7-21(15-19(18)2)36(33,34)28-22-16-20(6-8-23(22)30-12-9-26-10-13-30)25(32)29(3)17-24(31)27-11-14-35-4;3-2(4,5)1(6)7/h5-8,15-16,26,28H,9-14,17H2,1-4H3,(H,27,31);(H,6,7). The predicted molar refractivity (Wildman–Crippen MR) is 154 cm³/mol. The lowest BCUT2D eigenvalue weighted by molar-refractivity contribution is -0.192. The number of benzene rings is 2.